The Bertz CT molecular complexity index is 549. The van der Waals surface area contributed by atoms with E-state index in [4.69, 9.17) is 4.74 Å². The molecule has 0 aliphatic carbocycles. The van der Waals surface area contributed by atoms with Gasteiger partial charge in [-0.15, -0.1) is 0 Å². The Balaban J connectivity index is 1.46. The molecule has 0 radical (unpaired) electrons. The van der Waals surface area contributed by atoms with E-state index < -0.39 is 0 Å². The fraction of sp³-hybridized carbons (Fsp3) is 0.632. The van der Waals surface area contributed by atoms with E-state index in [1.807, 2.05) is 0 Å². The van der Waals surface area contributed by atoms with Crippen molar-refractivity contribution in [2.75, 3.05) is 26.2 Å². The van der Waals surface area contributed by atoms with Gasteiger partial charge in [-0.05, 0) is 62.9 Å². The molecule has 5 heteroatoms. The Morgan fingerprint density at radius 1 is 1.17 bits per heavy atom. The minimum atomic E-state index is -0.242. The number of rotatable bonds is 6. The van der Waals surface area contributed by atoms with Crippen LogP contribution in [0.15, 0.2) is 24.3 Å². The molecule has 132 valence electrons. The maximum absolute atomic E-state index is 12.9. The summed E-state index contributed by atoms with van der Waals surface area (Å²) in [4.78, 5) is 16.4. The van der Waals surface area contributed by atoms with E-state index in [0.29, 0.717) is 24.4 Å². The lowest BCUT2D eigenvalue weighted by Crippen LogP contribution is -2.48. The highest BCUT2D eigenvalue weighted by Gasteiger charge is 2.38. The number of likely N-dealkylation sites (tertiary alicyclic amines) is 2. The Hall–Kier alpha value is -1.62. The smallest absolute Gasteiger partial charge is 0.219 e. The molecule has 1 aromatic carbocycles. The van der Waals surface area contributed by atoms with E-state index >= 15 is 0 Å². The molecule has 2 saturated heterocycles. The minimum absolute atomic E-state index is 0.212. The van der Waals surface area contributed by atoms with Crippen molar-refractivity contribution in [3.8, 4) is 5.75 Å². The summed E-state index contributed by atoms with van der Waals surface area (Å²) in [5, 5.41) is 0. The summed E-state index contributed by atoms with van der Waals surface area (Å²) in [5.41, 5.74) is 0. The van der Waals surface area contributed by atoms with Crippen LogP contribution in [-0.2, 0) is 4.79 Å². The highest BCUT2D eigenvalue weighted by atomic mass is 19.1. The maximum atomic E-state index is 12.9. The zero-order valence-electron chi connectivity index (χ0n) is 14.4. The molecular weight excluding hydrogens is 307 g/mol. The molecule has 4 nitrogen and oxygen atoms in total. The summed E-state index contributed by atoms with van der Waals surface area (Å²) >= 11 is 0. The third-order valence-corrected chi connectivity index (χ3v) is 5.23. The summed E-state index contributed by atoms with van der Waals surface area (Å²) in [5.74, 6) is 0.686. The van der Waals surface area contributed by atoms with Crippen molar-refractivity contribution in [3.05, 3.63) is 30.1 Å². The summed E-state index contributed by atoms with van der Waals surface area (Å²) < 4.78 is 18.6. The Labute approximate surface area is 143 Å². The van der Waals surface area contributed by atoms with Crippen LogP contribution in [0.2, 0.25) is 0 Å². The van der Waals surface area contributed by atoms with Crippen molar-refractivity contribution in [3.63, 3.8) is 0 Å². The number of hydrogen-bond acceptors (Lipinski definition) is 3. The van der Waals surface area contributed by atoms with Crippen molar-refractivity contribution >= 4 is 5.91 Å². The first-order valence-electron chi connectivity index (χ1n) is 9.05. The molecule has 0 aromatic heterocycles. The third kappa shape index (κ3) is 4.07. The van der Waals surface area contributed by atoms with Crippen LogP contribution in [0.3, 0.4) is 0 Å². The van der Waals surface area contributed by atoms with E-state index in [2.05, 4.69) is 9.80 Å². The number of nitrogens with zero attached hydrogens (tertiary/aromatic N) is 2. The topological polar surface area (TPSA) is 32.8 Å². The molecule has 2 heterocycles. The first-order chi connectivity index (χ1) is 11.6. The molecule has 1 aromatic rings. The fourth-order valence-electron chi connectivity index (χ4n) is 4.14. The van der Waals surface area contributed by atoms with Crippen LogP contribution in [0.1, 0.15) is 39.0 Å². The first-order valence-corrected chi connectivity index (χ1v) is 9.05. The van der Waals surface area contributed by atoms with Gasteiger partial charge in [0, 0.05) is 32.1 Å². The highest BCUT2D eigenvalue weighted by molar-refractivity contribution is 5.74. The number of benzene rings is 1. The summed E-state index contributed by atoms with van der Waals surface area (Å²) in [6, 6.07) is 7.06. The van der Waals surface area contributed by atoms with Gasteiger partial charge in [0.15, 0.2) is 0 Å². The quantitative estimate of drug-likeness (QED) is 0.750. The predicted molar refractivity (Wildman–Crippen MR) is 91.5 cm³/mol. The number of ether oxygens (including phenoxy) is 1. The molecular formula is C19H27FN2O2. The molecule has 0 saturated carbocycles. The van der Waals surface area contributed by atoms with E-state index in [-0.39, 0.29) is 11.7 Å². The number of carbonyl (C=O) groups is 1. The summed E-state index contributed by atoms with van der Waals surface area (Å²) in [6.45, 7) is 5.35. The average Bonchev–Trinajstić information content (AvgIpc) is 3.21. The Morgan fingerprint density at radius 2 is 1.88 bits per heavy atom. The molecule has 2 aliphatic heterocycles. The van der Waals surface area contributed by atoms with Gasteiger partial charge in [-0.3, -0.25) is 9.69 Å². The Morgan fingerprint density at radius 3 is 2.62 bits per heavy atom. The van der Waals surface area contributed by atoms with Crippen molar-refractivity contribution < 1.29 is 13.9 Å². The highest BCUT2D eigenvalue weighted by Crippen LogP contribution is 2.30. The van der Waals surface area contributed by atoms with Crippen molar-refractivity contribution in [2.45, 2.75) is 51.1 Å². The number of hydrogen-bond donors (Lipinski definition) is 0. The SMILES string of the molecule is CC(=O)N1CCC[C@@H]1[C@@H]1CCCN1CCCOc1ccc(F)cc1. The van der Waals surface area contributed by atoms with Crippen LogP contribution in [0, 0.1) is 5.82 Å². The fourth-order valence-corrected chi connectivity index (χ4v) is 4.14. The molecule has 1 amide bonds. The van der Waals surface area contributed by atoms with Gasteiger partial charge in [0.2, 0.25) is 5.91 Å². The van der Waals surface area contributed by atoms with Gasteiger partial charge in [-0.25, -0.2) is 4.39 Å². The molecule has 0 spiro atoms. The number of carbonyl (C=O) groups excluding carboxylic acids is 1. The van der Waals surface area contributed by atoms with E-state index in [1.165, 1.54) is 25.0 Å². The van der Waals surface area contributed by atoms with Gasteiger partial charge < -0.3 is 9.64 Å². The number of halogens is 1. The lowest BCUT2D eigenvalue weighted by Gasteiger charge is -2.34. The van der Waals surface area contributed by atoms with Gasteiger partial charge in [0.1, 0.15) is 11.6 Å². The second-order valence-electron chi connectivity index (χ2n) is 6.82. The summed E-state index contributed by atoms with van der Waals surface area (Å²) in [6.07, 6.45) is 5.61. The van der Waals surface area contributed by atoms with Crippen LogP contribution in [-0.4, -0.2) is 54.0 Å². The molecule has 3 rings (SSSR count). The van der Waals surface area contributed by atoms with Crippen molar-refractivity contribution in [1.82, 2.24) is 9.80 Å². The average molecular weight is 334 g/mol. The van der Waals surface area contributed by atoms with Gasteiger partial charge in [-0.1, -0.05) is 0 Å². The van der Waals surface area contributed by atoms with Crippen LogP contribution >= 0.6 is 0 Å². The molecule has 2 atom stereocenters. The van der Waals surface area contributed by atoms with Gasteiger partial charge >= 0.3 is 0 Å². The zero-order valence-corrected chi connectivity index (χ0v) is 14.4. The lowest BCUT2D eigenvalue weighted by molar-refractivity contribution is -0.130. The van der Waals surface area contributed by atoms with Gasteiger partial charge in [0.25, 0.3) is 0 Å². The van der Waals surface area contributed by atoms with Crippen molar-refractivity contribution in [2.24, 2.45) is 0 Å². The molecule has 2 aliphatic rings. The second kappa shape index (κ2) is 7.97. The largest absolute Gasteiger partial charge is 0.494 e. The van der Waals surface area contributed by atoms with E-state index in [9.17, 15) is 9.18 Å². The van der Waals surface area contributed by atoms with Crippen molar-refractivity contribution in [1.29, 1.82) is 0 Å². The summed E-state index contributed by atoms with van der Waals surface area (Å²) in [7, 11) is 0. The molecule has 0 N–H and O–H groups in total. The van der Waals surface area contributed by atoms with Crippen LogP contribution in [0.25, 0.3) is 0 Å². The second-order valence-corrected chi connectivity index (χ2v) is 6.82. The zero-order chi connectivity index (χ0) is 16.9. The minimum Gasteiger partial charge on any atom is -0.494 e. The normalized spacial score (nSPS) is 24.5. The monoisotopic (exact) mass is 334 g/mol. The van der Waals surface area contributed by atoms with E-state index in [0.717, 1.165) is 38.9 Å². The predicted octanol–water partition coefficient (Wildman–Crippen LogP) is 3.07. The third-order valence-electron chi connectivity index (χ3n) is 5.23. The van der Waals surface area contributed by atoms with Gasteiger partial charge in [-0.2, -0.15) is 0 Å². The Kier molecular flexibility index (Phi) is 5.72. The van der Waals surface area contributed by atoms with Gasteiger partial charge in [0.05, 0.1) is 6.61 Å². The van der Waals surface area contributed by atoms with Crippen LogP contribution < -0.4 is 4.74 Å². The van der Waals surface area contributed by atoms with E-state index in [1.54, 1.807) is 19.1 Å². The molecule has 2 fully saturated rings. The van der Waals surface area contributed by atoms with Crippen LogP contribution in [0.5, 0.6) is 5.75 Å². The first kappa shape index (κ1) is 17.2. The lowest BCUT2D eigenvalue weighted by atomic mass is 10.0. The molecule has 0 unspecified atom stereocenters. The molecule has 0 bridgehead atoms. The standard InChI is InChI=1S/C19H27FN2O2/c1-15(23)22-13-3-6-19(22)18-5-2-11-21(18)12-4-14-24-17-9-7-16(20)8-10-17/h7-10,18-19H,2-6,11-14H2,1H3/t18-,19+/m0/s1. The number of amides is 1. The molecule has 24 heavy (non-hydrogen) atoms. The van der Waals surface area contributed by atoms with Crippen LogP contribution in [0.4, 0.5) is 4.39 Å². The maximum Gasteiger partial charge on any atom is 0.219 e.